The van der Waals surface area contributed by atoms with Gasteiger partial charge in [0, 0.05) is 5.56 Å². The number of oxazole rings is 1. The molecule has 2 amide bonds. The maximum absolute atomic E-state index is 12.0. The summed E-state index contributed by atoms with van der Waals surface area (Å²) < 4.78 is 10.6. The van der Waals surface area contributed by atoms with E-state index in [9.17, 15) is 9.59 Å². The molecule has 3 aromatic rings. The van der Waals surface area contributed by atoms with Gasteiger partial charge in [-0.25, -0.2) is 4.98 Å². The number of nitrogens with one attached hydrogen (secondary N) is 2. The van der Waals surface area contributed by atoms with E-state index in [1.165, 1.54) is 7.11 Å². The highest BCUT2D eigenvalue weighted by Gasteiger charge is 2.11. The molecule has 0 aliphatic heterocycles. The van der Waals surface area contributed by atoms with Crippen LogP contribution in [0, 0.1) is 0 Å². The Morgan fingerprint density at radius 1 is 1.16 bits per heavy atom. The van der Waals surface area contributed by atoms with Crippen molar-refractivity contribution in [1.82, 2.24) is 15.8 Å². The third-order valence-electron chi connectivity index (χ3n) is 3.25. The summed E-state index contributed by atoms with van der Waals surface area (Å²) >= 11 is 1.15. The molecular weight excluding hydrogens is 342 g/mol. The summed E-state index contributed by atoms with van der Waals surface area (Å²) in [5.41, 5.74) is 6.48. The van der Waals surface area contributed by atoms with Gasteiger partial charge in [-0.1, -0.05) is 30.0 Å². The zero-order valence-corrected chi connectivity index (χ0v) is 14.1. The molecule has 2 aromatic carbocycles. The number of methoxy groups -OCH3 is 1. The van der Waals surface area contributed by atoms with E-state index in [0.29, 0.717) is 22.1 Å². The minimum absolute atomic E-state index is 0.0607. The first-order valence-corrected chi connectivity index (χ1v) is 8.36. The molecule has 25 heavy (non-hydrogen) atoms. The van der Waals surface area contributed by atoms with Gasteiger partial charge in [0.2, 0.25) is 5.91 Å². The summed E-state index contributed by atoms with van der Waals surface area (Å²) in [7, 11) is 1.52. The second kappa shape index (κ2) is 7.71. The van der Waals surface area contributed by atoms with Gasteiger partial charge < -0.3 is 9.15 Å². The Hall–Kier alpha value is -3.00. The van der Waals surface area contributed by atoms with Gasteiger partial charge in [-0.05, 0) is 30.3 Å². The monoisotopic (exact) mass is 357 g/mol. The van der Waals surface area contributed by atoms with E-state index in [1.807, 2.05) is 18.2 Å². The number of nitrogens with zero attached hydrogens (tertiary/aromatic N) is 1. The van der Waals surface area contributed by atoms with Crippen LogP contribution >= 0.6 is 11.8 Å². The molecule has 7 nitrogen and oxygen atoms in total. The summed E-state index contributed by atoms with van der Waals surface area (Å²) in [5.74, 6) is -0.182. The normalized spacial score (nSPS) is 10.4. The summed E-state index contributed by atoms with van der Waals surface area (Å²) in [6, 6.07) is 14.0. The minimum atomic E-state index is -0.431. The van der Waals surface area contributed by atoms with Crippen LogP contribution in [0.15, 0.2) is 58.2 Å². The number of hydrogen-bond donors (Lipinski definition) is 2. The zero-order valence-electron chi connectivity index (χ0n) is 13.3. The van der Waals surface area contributed by atoms with Crippen molar-refractivity contribution in [3.05, 3.63) is 54.1 Å². The lowest BCUT2D eigenvalue weighted by molar-refractivity contribution is -0.119. The summed E-state index contributed by atoms with van der Waals surface area (Å²) in [6.45, 7) is 0. The van der Waals surface area contributed by atoms with E-state index >= 15 is 0 Å². The van der Waals surface area contributed by atoms with Crippen molar-refractivity contribution in [3.8, 4) is 5.75 Å². The molecule has 8 heteroatoms. The van der Waals surface area contributed by atoms with Gasteiger partial charge in [-0.2, -0.15) is 0 Å². The van der Waals surface area contributed by atoms with Crippen LogP contribution < -0.4 is 15.6 Å². The first-order chi connectivity index (χ1) is 12.2. The Labute approximate surface area is 147 Å². The Morgan fingerprint density at radius 3 is 2.80 bits per heavy atom. The predicted octanol–water partition coefficient (Wildman–Crippen LogP) is 2.39. The third-order valence-corrected chi connectivity index (χ3v) is 4.08. The Kier molecular flexibility index (Phi) is 5.20. The third kappa shape index (κ3) is 4.30. The molecule has 0 radical (unpaired) electrons. The average Bonchev–Trinajstić information content (AvgIpc) is 3.07. The van der Waals surface area contributed by atoms with Crippen LogP contribution in [0.2, 0.25) is 0 Å². The van der Waals surface area contributed by atoms with Crippen LogP contribution in [0.4, 0.5) is 0 Å². The van der Waals surface area contributed by atoms with Crippen LogP contribution in [0.1, 0.15) is 10.4 Å². The van der Waals surface area contributed by atoms with Gasteiger partial charge >= 0.3 is 0 Å². The van der Waals surface area contributed by atoms with Gasteiger partial charge in [0.1, 0.15) is 11.3 Å². The average molecular weight is 357 g/mol. The highest BCUT2D eigenvalue weighted by molar-refractivity contribution is 7.99. The molecule has 1 aromatic heterocycles. The molecule has 0 saturated heterocycles. The molecule has 0 fully saturated rings. The molecule has 0 bridgehead atoms. The number of fused-ring (bicyclic) bond motifs is 1. The van der Waals surface area contributed by atoms with Gasteiger partial charge in [-0.15, -0.1) is 0 Å². The van der Waals surface area contributed by atoms with Gasteiger partial charge in [0.05, 0.1) is 12.9 Å². The minimum Gasteiger partial charge on any atom is -0.497 e. The van der Waals surface area contributed by atoms with Crippen molar-refractivity contribution < 1.29 is 18.7 Å². The number of hydrazine groups is 1. The molecule has 1 heterocycles. The zero-order chi connectivity index (χ0) is 17.6. The molecule has 128 valence electrons. The topological polar surface area (TPSA) is 93.5 Å². The van der Waals surface area contributed by atoms with Crippen molar-refractivity contribution in [2.75, 3.05) is 12.9 Å². The number of amides is 2. The maximum Gasteiger partial charge on any atom is 0.269 e. The van der Waals surface area contributed by atoms with E-state index in [4.69, 9.17) is 9.15 Å². The van der Waals surface area contributed by atoms with Crippen molar-refractivity contribution in [1.29, 1.82) is 0 Å². The van der Waals surface area contributed by atoms with Crippen LogP contribution in [0.3, 0.4) is 0 Å². The Balaban J connectivity index is 1.49. The molecule has 0 aliphatic rings. The number of ether oxygens (including phenoxy) is 1. The highest BCUT2D eigenvalue weighted by Crippen LogP contribution is 2.22. The highest BCUT2D eigenvalue weighted by atomic mass is 32.2. The molecule has 0 saturated carbocycles. The van der Waals surface area contributed by atoms with Crippen molar-refractivity contribution in [2.24, 2.45) is 0 Å². The number of hydrogen-bond acceptors (Lipinski definition) is 6. The van der Waals surface area contributed by atoms with Crippen molar-refractivity contribution in [2.45, 2.75) is 5.22 Å². The van der Waals surface area contributed by atoms with Crippen LogP contribution in [-0.2, 0) is 4.79 Å². The molecule has 3 rings (SSSR count). The van der Waals surface area contributed by atoms with Crippen LogP contribution in [0.25, 0.3) is 11.1 Å². The number of carbonyl (C=O) groups excluding carboxylic acids is 2. The lowest BCUT2D eigenvalue weighted by Gasteiger charge is -2.07. The largest absolute Gasteiger partial charge is 0.497 e. The summed E-state index contributed by atoms with van der Waals surface area (Å²) in [5, 5.41) is 0.399. The molecule has 2 N–H and O–H groups in total. The first kappa shape index (κ1) is 16.8. The summed E-state index contributed by atoms with van der Waals surface area (Å²) in [6.07, 6.45) is 0. The standard InChI is InChI=1S/C17H15N3O4S/c1-23-12-6-4-5-11(9-12)16(22)20-19-15(21)10-25-17-18-13-7-2-3-8-14(13)24-17/h2-9H,10H2,1H3,(H,19,21)(H,20,22). The number of thioether (sulfide) groups is 1. The second-order valence-electron chi connectivity index (χ2n) is 4.97. The van der Waals surface area contributed by atoms with Crippen molar-refractivity contribution >= 4 is 34.7 Å². The maximum atomic E-state index is 12.0. The SMILES string of the molecule is COc1cccc(C(=O)NNC(=O)CSc2nc3ccccc3o2)c1. The van der Waals surface area contributed by atoms with E-state index in [2.05, 4.69) is 15.8 Å². The molecule has 0 spiro atoms. The first-order valence-electron chi connectivity index (χ1n) is 7.37. The Morgan fingerprint density at radius 2 is 2.00 bits per heavy atom. The lowest BCUT2D eigenvalue weighted by Crippen LogP contribution is -2.42. The van der Waals surface area contributed by atoms with E-state index in [1.54, 1.807) is 30.3 Å². The fraction of sp³-hybridized carbons (Fsp3) is 0.118. The fourth-order valence-electron chi connectivity index (χ4n) is 2.04. The number of rotatable bonds is 5. The number of carbonyl (C=O) groups is 2. The molecule has 0 aliphatic carbocycles. The van der Waals surface area contributed by atoms with Gasteiger partial charge in [0.15, 0.2) is 5.58 Å². The Bertz CT molecular complexity index is 877. The molecule has 0 atom stereocenters. The fourth-order valence-corrected chi connectivity index (χ4v) is 2.68. The smallest absolute Gasteiger partial charge is 0.269 e. The van der Waals surface area contributed by atoms with E-state index in [-0.39, 0.29) is 11.7 Å². The molecule has 0 unspecified atom stereocenters. The quantitative estimate of drug-likeness (QED) is 0.538. The molecular formula is C17H15N3O4S. The van der Waals surface area contributed by atoms with Crippen molar-refractivity contribution in [3.63, 3.8) is 0 Å². The van der Waals surface area contributed by atoms with Gasteiger partial charge in [-0.3, -0.25) is 20.4 Å². The predicted molar refractivity (Wildman–Crippen MR) is 93.3 cm³/mol. The lowest BCUT2D eigenvalue weighted by atomic mass is 10.2. The van der Waals surface area contributed by atoms with Crippen LogP contribution in [-0.4, -0.2) is 29.7 Å². The van der Waals surface area contributed by atoms with E-state index < -0.39 is 5.91 Å². The number of benzene rings is 2. The number of aromatic nitrogens is 1. The summed E-state index contributed by atoms with van der Waals surface area (Å²) in [4.78, 5) is 28.1. The van der Waals surface area contributed by atoms with Gasteiger partial charge in [0.25, 0.3) is 11.1 Å². The number of para-hydroxylation sites is 2. The van der Waals surface area contributed by atoms with E-state index in [0.717, 1.165) is 17.3 Å². The van der Waals surface area contributed by atoms with Crippen LogP contribution in [0.5, 0.6) is 5.75 Å². The second-order valence-corrected chi connectivity index (χ2v) is 5.90.